The van der Waals surface area contributed by atoms with Crippen LogP contribution in [0.25, 0.3) is 0 Å². The minimum atomic E-state index is -2.95. The Balaban J connectivity index is 1.77. The highest BCUT2D eigenvalue weighted by Crippen LogP contribution is 2.26. The molecule has 0 radical (unpaired) electrons. The van der Waals surface area contributed by atoms with Crippen molar-refractivity contribution in [1.29, 1.82) is 0 Å². The number of nitrogens with zero attached hydrogens (tertiary/aromatic N) is 1. The van der Waals surface area contributed by atoms with E-state index in [9.17, 15) is 8.42 Å². The molecule has 2 saturated heterocycles. The summed E-state index contributed by atoms with van der Waals surface area (Å²) in [7, 11) is -1.32. The van der Waals surface area contributed by atoms with Gasteiger partial charge in [0.15, 0.2) is 14.9 Å². The lowest BCUT2D eigenvalue weighted by atomic mass is 10.1. The first kappa shape index (κ1) is 13.6. The Bertz CT molecular complexity index is 628. The maximum absolute atomic E-state index is 11.7. The molecule has 1 aromatic rings. The summed E-state index contributed by atoms with van der Waals surface area (Å²) in [5.41, 5.74) is 1.08. The van der Waals surface area contributed by atoms with E-state index >= 15 is 0 Å². The minimum Gasteiger partial charge on any atom is -0.497 e. The second-order valence-electron chi connectivity index (χ2n) is 5.18. The molecule has 0 saturated carbocycles. The van der Waals surface area contributed by atoms with Crippen LogP contribution in [0.4, 0.5) is 0 Å². The van der Waals surface area contributed by atoms with Gasteiger partial charge < -0.3 is 15.0 Å². The van der Waals surface area contributed by atoms with Crippen molar-refractivity contribution >= 4 is 27.2 Å². The Labute approximate surface area is 123 Å². The highest BCUT2D eigenvalue weighted by molar-refractivity contribution is 7.91. The lowest BCUT2D eigenvalue weighted by Crippen LogP contribution is -2.36. The van der Waals surface area contributed by atoms with Gasteiger partial charge in [-0.15, -0.1) is 0 Å². The monoisotopic (exact) mass is 312 g/mol. The number of ether oxygens (including phenoxy) is 1. The highest BCUT2D eigenvalue weighted by atomic mass is 32.2. The van der Waals surface area contributed by atoms with Gasteiger partial charge in [-0.25, -0.2) is 8.42 Å². The summed E-state index contributed by atoms with van der Waals surface area (Å²) in [6.45, 7) is 0.618. The van der Waals surface area contributed by atoms with Crippen LogP contribution in [0.3, 0.4) is 0 Å². The van der Waals surface area contributed by atoms with E-state index in [1.54, 1.807) is 7.11 Å². The molecule has 2 atom stereocenters. The van der Waals surface area contributed by atoms with Crippen molar-refractivity contribution in [3.8, 4) is 5.75 Å². The van der Waals surface area contributed by atoms with Gasteiger partial charge in [0.25, 0.3) is 0 Å². The van der Waals surface area contributed by atoms with Gasteiger partial charge in [0.1, 0.15) is 5.75 Å². The van der Waals surface area contributed by atoms with Crippen molar-refractivity contribution in [3.05, 3.63) is 29.8 Å². The van der Waals surface area contributed by atoms with Crippen molar-refractivity contribution in [3.63, 3.8) is 0 Å². The van der Waals surface area contributed by atoms with Gasteiger partial charge in [-0.05, 0) is 29.9 Å². The Morgan fingerprint density at radius 3 is 2.70 bits per heavy atom. The van der Waals surface area contributed by atoms with E-state index in [-0.39, 0.29) is 23.6 Å². The molecule has 0 unspecified atom stereocenters. The summed E-state index contributed by atoms with van der Waals surface area (Å²) in [6, 6.07) is 7.62. The average molecular weight is 312 g/mol. The molecule has 0 aliphatic carbocycles. The zero-order valence-electron chi connectivity index (χ0n) is 11.1. The summed E-state index contributed by atoms with van der Waals surface area (Å²) < 4.78 is 28.5. The van der Waals surface area contributed by atoms with Crippen LogP contribution >= 0.6 is 12.2 Å². The van der Waals surface area contributed by atoms with Gasteiger partial charge in [-0.1, -0.05) is 12.1 Å². The third kappa shape index (κ3) is 2.47. The molecule has 2 fully saturated rings. The predicted octanol–water partition coefficient (Wildman–Crippen LogP) is 0.551. The summed E-state index contributed by atoms with van der Waals surface area (Å²) in [5.74, 6) is 1.16. The quantitative estimate of drug-likeness (QED) is 0.823. The maximum Gasteiger partial charge on any atom is 0.169 e. The van der Waals surface area contributed by atoms with Gasteiger partial charge in [0.05, 0.1) is 30.7 Å². The molecule has 5 nitrogen and oxygen atoms in total. The van der Waals surface area contributed by atoms with Crippen LogP contribution in [-0.2, 0) is 16.4 Å². The fourth-order valence-electron chi connectivity index (χ4n) is 2.78. The lowest BCUT2D eigenvalue weighted by Gasteiger charge is -2.23. The van der Waals surface area contributed by atoms with Crippen LogP contribution in [0.5, 0.6) is 5.75 Å². The second-order valence-corrected chi connectivity index (χ2v) is 7.72. The van der Waals surface area contributed by atoms with E-state index in [1.165, 1.54) is 0 Å². The molecule has 108 valence electrons. The van der Waals surface area contributed by atoms with Crippen molar-refractivity contribution in [2.75, 3.05) is 18.6 Å². The normalized spacial score (nSPS) is 27.2. The zero-order valence-corrected chi connectivity index (χ0v) is 12.7. The number of fused-ring (bicyclic) bond motifs is 1. The topological polar surface area (TPSA) is 58.6 Å². The third-order valence-electron chi connectivity index (χ3n) is 3.80. The molecule has 3 rings (SSSR count). The molecular weight excluding hydrogens is 296 g/mol. The molecule has 7 heteroatoms. The fraction of sp³-hybridized carbons (Fsp3) is 0.462. The van der Waals surface area contributed by atoms with Crippen molar-refractivity contribution in [2.45, 2.75) is 18.6 Å². The van der Waals surface area contributed by atoms with Gasteiger partial charge in [0.2, 0.25) is 0 Å². The van der Waals surface area contributed by atoms with Crippen molar-refractivity contribution in [2.24, 2.45) is 0 Å². The number of nitrogens with one attached hydrogen (secondary N) is 1. The molecular formula is C13H16N2O3S2. The summed E-state index contributed by atoms with van der Waals surface area (Å²) in [4.78, 5) is 1.98. The molecule has 1 aromatic carbocycles. The molecule has 20 heavy (non-hydrogen) atoms. The Morgan fingerprint density at radius 2 is 2.05 bits per heavy atom. The van der Waals surface area contributed by atoms with Crippen LogP contribution in [0.1, 0.15) is 5.56 Å². The highest BCUT2D eigenvalue weighted by Gasteiger charge is 2.46. The molecule has 1 N–H and O–H groups in total. The third-order valence-corrected chi connectivity index (χ3v) is 5.87. The first-order valence-corrected chi connectivity index (χ1v) is 8.62. The number of benzene rings is 1. The van der Waals surface area contributed by atoms with Crippen molar-refractivity contribution < 1.29 is 13.2 Å². The molecule has 0 spiro atoms. The van der Waals surface area contributed by atoms with E-state index in [0.717, 1.165) is 11.3 Å². The second kappa shape index (κ2) is 4.89. The van der Waals surface area contributed by atoms with Gasteiger partial charge >= 0.3 is 0 Å². The molecule has 0 bridgehead atoms. The zero-order chi connectivity index (χ0) is 14.3. The number of hydrogen-bond donors (Lipinski definition) is 1. The average Bonchev–Trinajstić information content (AvgIpc) is 2.84. The van der Waals surface area contributed by atoms with Crippen LogP contribution < -0.4 is 10.1 Å². The van der Waals surface area contributed by atoms with E-state index in [0.29, 0.717) is 11.7 Å². The summed E-state index contributed by atoms with van der Waals surface area (Å²) in [6.07, 6.45) is 0. The number of hydrogen-bond acceptors (Lipinski definition) is 4. The molecule has 2 aliphatic rings. The largest absolute Gasteiger partial charge is 0.497 e. The van der Waals surface area contributed by atoms with E-state index < -0.39 is 9.84 Å². The first-order chi connectivity index (χ1) is 9.48. The van der Waals surface area contributed by atoms with Gasteiger partial charge in [-0.3, -0.25) is 0 Å². The van der Waals surface area contributed by atoms with E-state index in [4.69, 9.17) is 17.0 Å². The standard InChI is InChI=1S/C13H16N2O3S2/c1-18-10-4-2-9(3-5-10)6-15-12-8-20(16,17)7-11(12)14-13(15)19/h2-5,11-12H,6-8H2,1H3,(H,14,19)/t11-,12-/m0/s1. The maximum atomic E-state index is 11.7. The Kier molecular flexibility index (Phi) is 3.33. The number of rotatable bonds is 3. The van der Waals surface area contributed by atoms with E-state index in [1.807, 2.05) is 29.2 Å². The van der Waals surface area contributed by atoms with Gasteiger partial charge in [-0.2, -0.15) is 0 Å². The number of sulfone groups is 1. The molecule has 0 aromatic heterocycles. The van der Waals surface area contributed by atoms with Crippen LogP contribution in [0.15, 0.2) is 24.3 Å². The predicted molar refractivity (Wildman–Crippen MR) is 80.5 cm³/mol. The SMILES string of the molecule is COc1ccc(CN2C(=S)N[C@H]3CS(=O)(=O)C[C@@H]32)cc1. The molecule has 2 aliphatic heterocycles. The van der Waals surface area contributed by atoms with Gasteiger partial charge in [0, 0.05) is 6.54 Å². The smallest absolute Gasteiger partial charge is 0.169 e. The van der Waals surface area contributed by atoms with Crippen LogP contribution in [0.2, 0.25) is 0 Å². The first-order valence-electron chi connectivity index (χ1n) is 6.39. The molecule has 2 heterocycles. The minimum absolute atomic E-state index is 0.0467. The summed E-state index contributed by atoms with van der Waals surface area (Å²) >= 11 is 5.31. The van der Waals surface area contributed by atoms with Crippen LogP contribution in [0, 0.1) is 0 Å². The van der Waals surface area contributed by atoms with Crippen molar-refractivity contribution in [1.82, 2.24) is 10.2 Å². The lowest BCUT2D eigenvalue weighted by molar-refractivity contribution is 0.348. The number of thiocarbonyl (C=S) groups is 1. The fourth-order valence-corrected chi connectivity index (χ4v) is 5.06. The Hall–Kier alpha value is -1.34. The number of methoxy groups -OCH3 is 1. The van der Waals surface area contributed by atoms with E-state index in [2.05, 4.69) is 5.32 Å². The Morgan fingerprint density at radius 1 is 1.35 bits per heavy atom. The molecule has 0 amide bonds. The summed E-state index contributed by atoms with van der Waals surface area (Å²) in [5, 5.41) is 3.76. The van der Waals surface area contributed by atoms with Crippen LogP contribution in [-0.4, -0.2) is 49.1 Å².